The molecule has 0 bridgehead atoms. The van der Waals surface area contributed by atoms with E-state index in [9.17, 15) is 13.2 Å². The summed E-state index contributed by atoms with van der Waals surface area (Å²) in [4.78, 5) is 6.94. The second-order valence-electron chi connectivity index (χ2n) is 6.51. The molecule has 1 fully saturated rings. The monoisotopic (exact) mass is 484 g/mol. The molecular weight excluding hydrogens is 456 g/mol. The Bertz CT molecular complexity index is 561. The summed E-state index contributed by atoms with van der Waals surface area (Å²) < 4.78 is 37.7. The summed E-state index contributed by atoms with van der Waals surface area (Å²) >= 11 is 0. The first kappa shape index (κ1) is 23.0. The lowest BCUT2D eigenvalue weighted by Gasteiger charge is -2.13. The Morgan fingerprint density at radius 1 is 1.23 bits per heavy atom. The number of rotatable bonds is 6. The van der Waals surface area contributed by atoms with Gasteiger partial charge in [-0.1, -0.05) is 12.1 Å². The van der Waals surface area contributed by atoms with E-state index in [4.69, 9.17) is 0 Å². The number of halogens is 4. The van der Waals surface area contributed by atoms with Gasteiger partial charge in [0.05, 0.1) is 5.56 Å². The molecule has 2 rings (SSSR count). The Kier molecular flexibility index (Phi) is 9.70. The van der Waals surface area contributed by atoms with E-state index >= 15 is 0 Å². The van der Waals surface area contributed by atoms with Crippen LogP contribution in [0.25, 0.3) is 0 Å². The molecule has 0 spiro atoms. The molecule has 1 aliphatic heterocycles. The number of nitrogens with zero attached hydrogens (tertiary/aromatic N) is 2. The molecule has 1 aromatic carbocycles. The number of hydrogen-bond acceptors (Lipinski definition) is 2. The van der Waals surface area contributed by atoms with Crippen LogP contribution < -0.4 is 10.6 Å². The van der Waals surface area contributed by atoms with Crippen molar-refractivity contribution in [2.45, 2.75) is 25.9 Å². The molecule has 1 aromatic rings. The highest BCUT2D eigenvalue weighted by molar-refractivity contribution is 14.0. The van der Waals surface area contributed by atoms with Gasteiger partial charge in [-0.25, -0.2) is 0 Å². The quantitative estimate of drug-likeness (QED) is 0.370. The van der Waals surface area contributed by atoms with Crippen LogP contribution in [-0.4, -0.2) is 50.6 Å². The number of hydrogen-bond donors (Lipinski definition) is 2. The van der Waals surface area contributed by atoms with Gasteiger partial charge in [0.25, 0.3) is 0 Å². The molecule has 0 aromatic heterocycles. The molecule has 1 saturated heterocycles. The number of nitrogens with one attached hydrogen (secondary N) is 2. The van der Waals surface area contributed by atoms with Gasteiger partial charge >= 0.3 is 6.18 Å². The third-order valence-electron chi connectivity index (χ3n) is 4.33. The molecule has 148 valence electrons. The number of guanidine groups is 1. The van der Waals surface area contributed by atoms with E-state index in [1.54, 1.807) is 0 Å². The van der Waals surface area contributed by atoms with Crippen molar-refractivity contribution in [3.05, 3.63) is 35.4 Å². The number of benzene rings is 1. The van der Waals surface area contributed by atoms with E-state index in [0.717, 1.165) is 49.8 Å². The van der Waals surface area contributed by atoms with Crippen molar-refractivity contribution >= 4 is 29.9 Å². The molecular formula is C18H28F3IN4. The fraction of sp³-hybridized carbons (Fsp3) is 0.611. The lowest BCUT2D eigenvalue weighted by Crippen LogP contribution is -2.38. The van der Waals surface area contributed by atoms with Gasteiger partial charge in [0.2, 0.25) is 0 Å². The van der Waals surface area contributed by atoms with Gasteiger partial charge in [-0.3, -0.25) is 4.99 Å². The van der Waals surface area contributed by atoms with E-state index in [0.29, 0.717) is 18.9 Å². The van der Waals surface area contributed by atoms with Gasteiger partial charge in [-0.05, 0) is 57.0 Å². The maximum atomic E-state index is 12.6. The van der Waals surface area contributed by atoms with Gasteiger partial charge < -0.3 is 15.5 Å². The lowest BCUT2D eigenvalue weighted by atomic mass is 10.1. The lowest BCUT2D eigenvalue weighted by molar-refractivity contribution is -0.137. The Balaban J connectivity index is 0.00000338. The third-order valence-corrected chi connectivity index (χ3v) is 4.33. The minimum atomic E-state index is -4.28. The zero-order chi connectivity index (χ0) is 18.3. The molecule has 2 N–H and O–H groups in total. The van der Waals surface area contributed by atoms with Crippen LogP contribution in [0.1, 0.15) is 24.5 Å². The van der Waals surface area contributed by atoms with Gasteiger partial charge in [-0.15, -0.1) is 24.0 Å². The van der Waals surface area contributed by atoms with Gasteiger partial charge in [0, 0.05) is 26.2 Å². The van der Waals surface area contributed by atoms with Gasteiger partial charge in [-0.2, -0.15) is 13.2 Å². The summed E-state index contributed by atoms with van der Waals surface area (Å²) in [5.74, 6) is 1.36. The molecule has 1 aliphatic rings. The predicted molar refractivity (Wildman–Crippen MR) is 110 cm³/mol. The molecule has 1 atom stereocenters. The van der Waals surface area contributed by atoms with Gasteiger partial charge in [0.1, 0.15) is 0 Å². The molecule has 26 heavy (non-hydrogen) atoms. The summed E-state index contributed by atoms with van der Waals surface area (Å²) in [5.41, 5.74) is 0.259. The number of aliphatic imine (C=N–C) groups is 1. The first-order valence-corrected chi connectivity index (χ1v) is 8.75. The fourth-order valence-corrected chi connectivity index (χ4v) is 2.92. The van der Waals surface area contributed by atoms with E-state index in [2.05, 4.69) is 27.6 Å². The molecule has 0 radical (unpaired) electrons. The van der Waals surface area contributed by atoms with Crippen LogP contribution in [0.3, 0.4) is 0 Å². The third kappa shape index (κ3) is 7.69. The van der Waals surface area contributed by atoms with Crippen molar-refractivity contribution in [3.8, 4) is 0 Å². The summed E-state index contributed by atoms with van der Waals surface area (Å²) in [5, 5.41) is 6.46. The maximum Gasteiger partial charge on any atom is 0.416 e. The number of likely N-dealkylation sites (tertiary alicyclic amines) is 1. The zero-order valence-corrected chi connectivity index (χ0v) is 17.6. The van der Waals surface area contributed by atoms with Crippen LogP contribution >= 0.6 is 24.0 Å². The minimum absolute atomic E-state index is 0. The van der Waals surface area contributed by atoms with Gasteiger partial charge in [0.15, 0.2) is 5.96 Å². The minimum Gasteiger partial charge on any atom is -0.357 e. The van der Waals surface area contributed by atoms with E-state index in [-0.39, 0.29) is 24.0 Å². The predicted octanol–water partition coefficient (Wildman–Crippen LogP) is 3.37. The average Bonchev–Trinajstić information content (AvgIpc) is 2.98. The van der Waals surface area contributed by atoms with Crippen LogP contribution in [-0.2, 0) is 12.6 Å². The van der Waals surface area contributed by atoms with E-state index in [1.807, 2.05) is 6.92 Å². The highest BCUT2D eigenvalue weighted by atomic mass is 127. The molecule has 1 unspecified atom stereocenters. The van der Waals surface area contributed by atoms with E-state index in [1.165, 1.54) is 18.6 Å². The van der Waals surface area contributed by atoms with Crippen molar-refractivity contribution in [2.75, 3.05) is 39.8 Å². The van der Waals surface area contributed by atoms with E-state index < -0.39 is 11.7 Å². The maximum absolute atomic E-state index is 12.6. The largest absolute Gasteiger partial charge is 0.416 e. The van der Waals surface area contributed by atoms with Crippen LogP contribution in [0.2, 0.25) is 0 Å². The van der Waals surface area contributed by atoms with Crippen molar-refractivity contribution in [1.82, 2.24) is 15.5 Å². The number of alkyl halides is 3. The standard InChI is InChI=1S/C18H27F3N4.HI/c1-3-22-17(24-12-15-9-11-25(2)13-15)23-10-8-14-4-6-16(7-5-14)18(19,20)21;/h4-7,15H,3,8-13H2,1-2H3,(H2,22,23,24);1H. The highest BCUT2D eigenvalue weighted by Crippen LogP contribution is 2.29. The van der Waals surface area contributed by atoms with Crippen molar-refractivity contribution in [2.24, 2.45) is 10.9 Å². The summed E-state index contributed by atoms with van der Waals surface area (Å²) in [7, 11) is 2.12. The Labute approximate surface area is 170 Å². The summed E-state index contributed by atoms with van der Waals surface area (Å²) in [6.45, 7) is 6.40. The smallest absolute Gasteiger partial charge is 0.357 e. The Morgan fingerprint density at radius 2 is 1.92 bits per heavy atom. The molecule has 8 heteroatoms. The molecule has 0 amide bonds. The zero-order valence-electron chi connectivity index (χ0n) is 15.3. The molecule has 1 heterocycles. The second kappa shape index (κ2) is 11.0. The first-order chi connectivity index (χ1) is 11.9. The van der Waals surface area contributed by atoms with Crippen LogP contribution in [0, 0.1) is 5.92 Å². The Morgan fingerprint density at radius 3 is 2.46 bits per heavy atom. The van der Waals surface area contributed by atoms with Crippen LogP contribution in [0.5, 0.6) is 0 Å². The van der Waals surface area contributed by atoms with Crippen molar-refractivity contribution in [1.29, 1.82) is 0 Å². The second-order valence-corrected chi connectivity index (χ2v) is 6.51. The Hall–Kier alpha value is -1.03. The first-order valence-electron chi connectivity index (χ1n) is 8.75. The molecule has 0 aliphatic carbocycles. The molecule has 0 saturated carbocycles. The fourth-order valence-electron chi connectivity index (χ4n) is 2.92. The normalized spacial score (nSPS) is 18.5. The summed E-state index contributed by atoms with van der Waals surface area (Å²) in [6, 6.07) is 5.32. The van der Waals surface area contributed by atoms with Crippen molar-refractivity contribution in [3.63, 3.8) is 0 Å². The summed E-state index contributed by atoms with van der Waals surface area (Å²) in [6.07, 6.45) is -2.46. The average molecular weight is 484 g/mol. The molecule has 4 nitrogen and oxygen atoms in total. The van der Waals surface area contributed by atoms with Crippen LogP contribution in [0.4, 0.5) is 13.2 Å². The highest BCUT2D eigenvalue weighted by Gasteiger charge is 2.29. The van der Waals surface area contributed by atoms with Crippen molar-refractivity contribution < 1.29 is 13.2 Å². The SMILES string of the molecule is CCNC(=NCC1CCN(C)C1)NCCc1ccc(C(F)(F)F)cc1.I. The topological polar surface area (TPSA) is 39.7 Å². The van der Waals surface area contributed by atoms with Crippen LogP contribution in [0.15, 0.2) is 29.3 Å².